The number of nitrogens with two attached hydrogens (primary N) is 1. The maximum Gasteiger partial charge on any atom is 0.262 e. The van der Waals surface area contributed by atoms with Crippen LogP contribution in [-0.2, 0) is 0 Å². The molecule has 2 heterocycles. The normalized spacial score (nSPS) is 13.7. The molecule has 21 heavy (non-hydrogen) atoms. The Labute approximate surface area is 127 Å². The third-order valence-electron chi connectivity index (χ3n) is 3.33. The number of thioether (sulfide) groups is 1. The molecular formula is C15H15N3O2S. The molecule has 0 fully saturated rings. The topological polar surface area (TPSA) is 68.5 Å². The molecule has 0 unspecified atom stereocenters. The van der Waals surface area contributed by atoms with E-state index < -0.39 is 0 Å². The minimum atomic E-state index is -0.0959. The molecule has 0 spiro atoms. The largest absolute Gasteiger partial charge is 0.494 e. The van der Waals surface area contributed by atoms with Crippen LogP contribution in [0.1, 0.15) is 10.4 Å². The Balaban J connectivity index is 2.02. The summed E-state index contributed by atoms with van der Waals surface area (Å²) in [5.74, 6) is 1.24. The minimum Gasteiger partial charge on any atom is -0.494 e. The van der Waals surface area contributed by atoms with Crippen LogP contribution in [0.2, 0.25) is 0 Å². The number of benzene rings is 1. The van der Waals surface area contributed by atoms with Crippen molar-refractivity contribution in [2.45, 2.75) is 4.90 Å². The average Bonchev–Trinajstić information content (AvgIpc) is 2.53. The molecule has 3 rings (SSSR count). The van der Waals surface area contributed by atoms with Crippen LogP contribution < -0.4 is 15.4 Å². The van der Waals surface area contributed by atoms with E-state index in [1.807, 2.05) is 18.2 Å². The highest BCUT2D eigenvalue weighted by Gasteiger charge is 2.26. The highest BCUT2D eigenvalue weighted by atomic mass is 32.2. The van der Waals surface area contributed by atoms with Gasteiger partial charge in [0, 0.05) is 29.1 Å². The van der Waals surface area contributed by atoms with Crippen molar-refractivity contribution in [2.24, 2.45) is 0 Å². The molecule has 1 amide bonds. The second-order valence-corrected chi connectivity index (χ2v) is 5.75. The Morgan fingerprint density at radius 3 is 3.10 bits per heavy atom. The molecule has 1 aromatic carbocycles. The Hall–Kier alpha value is -2.21. The van der Waals surface area contributed by atoms with Crippen molar-refractivity contribution in [3.05, 3.63) is 42.2 Å². The smallest absolute Gasteiger partial charge is 0.262 e. The van der Waals surface area contributed by atoms with Crippen molar-refractivity contribution in [1.82, 2.24) is 4.98 Å². The van der Waals surface area contributed by atoms with Gasteiger partial charge < -0.3 is 15.4 Å². The maximum absolute atomic E-state index is 12.8. The Morgan fingerprint density at radius 1 is 1.43 bits per heavy atom. The first kappa shape index (κ1) is 13.8. The molecule has 1 aliphatic heterocycles. The molecule has 0 saturated carbocycles. The number of fused-ring (bicyclic) bond motifs is 1. The van der Waals surface area contributed by atoms with Crippen LogP contribution in [0.5, 0.6) is 5.75 Å². The van der Waals surface area contributed by atoms with Gasteiger partial charge in [-0.3, -0.25) is 9.78 Å². The van der Waals surface area contributed by atoms with Gasteiger partial charge >= 0.3 is 0 Å². The predicted octanol–water partition coefficient (Wildman–Crippen LogP) is 2.42. The van der Waals surface area contributed by atoms with E-state index in [1.54, 1.807) is 35.1 Å². The highest BCUT2D eigenvalue weighted by molar-refractivity contribution is 7.99. The molecule has 0 aliphatic carbocycles. The molecule has 0 bridgehead atoms. The van der Waals surface area contributed by atoms with Crippen LogP contribution in [0.3, 0.4) is 0 Å². The lowest BCUT2D eigenvalue weighted by molar-refractivity contribution is 0.0984. The van der Waals surface area contributed by atoms with E-state index >= 15 is 0 Å². The predicted molar refractivity (Wildman–Crippen MR) is 84.0 cm³/mol. The van der Waals surface area contributed by atoms with Gasteiger partial charge in [-0.15, -0.1) is 11.8 Å². The van der Waals surface area contributed by atoms with E-state index in [0.29, 0.717) is 23.5 Å². The van der Waals surface area contributed by atoms with Crippen molar-refractivity contribution in [3.8, 4) is 5.75 Å². The van der Waals surface area contributed by atoms with Gasteiger partial charge in [0.25, 0.3) is 5.91 Å². The molecule has 5 nitrogen and oxygen atoms in total. The van der Waals surface area contributed by atoms with Gasteiger partial charge in [-0.05, 0) is 24.3 Å². The summed E-state index contributed by atoms with van der Waals surface area (Å²) in [4.78, 5) is 19.6. The molecule has 1 aromatic heterocycles. The summed E-state index contributed by atoms with van der Waals surface area (Å²) in [6, 6.07) is 7.33. The minimum absolute atomic E-state index is 0.0959. The number of carbonyl (C=O) groups excluding carboxylic acids is 1. The fourth-order valence-corrected chi connectivity index (χ4v) is 3.29. The number of nitrogen functional groups attached to an aromatic ring is 1. The number of aromatic nitrogens is 1. The fraction of sp³-hybridized carbons (Fsp3) is 0.200. The molecule has 2 aromatic rings. The number of carbonyl (C=O) groups is 1. The zero-order valence-corrected chi connectivity index (χ0v) is 12.4. The van der Waals surface area contributed by atoms with Crippen LogP contribution >= 0.6 is 11.8 Å². The van der Waals surface area contributed by atoms with Crippen LogP contribution in [0, 0.1) is 0 Å². The summed E-state index contributed by atoms with van der Waals surface area (Å²) in [6.45, 7) is 0.644. The van der Waals surface area contributed by atoms with Crippen LogP contribution in [0.4, 0.5) is 11.4 Å². The van der Waals surface area contributed by atoms with Crippen molar-refractivity contribution in [2.75, 3.05) is 30.0 Å². The molecular weight excluding hydrogens is 286 g/mol. The Kier molecular flexibility index (Phi) is 3.70. The quantitative estimate of drug-likeness (QED) is 0.863. The molecule has 6 heteroatoms. The van der Waals surface area contributed by atoms with Gasteiger partial charge in [-0.25, -0.2) is 0 Å². The number of hydrogen-bond acceptors (Lipinski definition) is 5. The summed E-state index contributed by atoms with van der Waals surface area (Å²) in [5.41, 5.74) is 7.87. The Morgan fingerprint density at radius 2 is 2.29 bits per heavy atom. The number of methoxy groups -OCH3 is 1. The zero-order chi connectivity index (χ0) is 14.8. The van der Waals surface area contributed by atoms with E-state index in [0.717, 1.165) is 16.3 Å². The van der Waals surface area contributed by atoms with Crippen molar-refractivity contribution >= 4 is 29.0 Å². The van der Waals surface area contributed by atoms with Gasteiger partial charge in [-0.2, -0.15) is 0 Å². The monoisotopic (exact) mass is 301 g/mol. The van der Waals surface area contributed by atoms with E-state index in [-0.39, 0.29) is 5.91 Å². The first-order chi connectivity index (χ1) is 10.2. The number of ether oxygens (including phenoxy) is 1. The van der Waals surface area contributed by atoms with Gasteiger partial charge in [0.05, 0.1) is 24.6 Å². The van der Waals surface area contributed by atoms with Gasteiger partial charge in [0.1, 0.15) is 5.75 Å². The molecule has 0 radical (unpaired) electrons. The van der Waals surface area contributed by atoms with E-state index in [9.17, 15) is 4.79 Å². The van der Waals surface area contributed by atoms with Crippen molar-refractivity contribution in [3.63, 3.8) is 0 Å². The number of anilines is 2. The first-order valence-corrected chi connectivity index (χ1v) is 7.51. The van der Waals surface area contributed by atoms with Crippen LogP contribution in [-0.4, -0.2) is 30.3 Å². The molecule has 1 aliphatic rings. The summed E-state index contributed by atoms with van der Waals surface area (Å²) >= 11 is 1.73. The second kappa shape index (κ2) is 5.65. The average molecular weight is 301 g/mol. The lowest BCUT2D eigenvalue weighted by Gasteiger charge is -2.29. The van der Waals surface area contributed by atoms with E-state index in [1.165, 1.54) is 7.11 Å². The van der Waals surface area contributed by atoms with Crippen molar-refractivity contribution in [1.29, 1.82) is 0 Å². The number of nitrogens with zero attached hydrogens (tertiary/aromatic N) is 2. The van der Waals surface area contributed by atoms with E-state index in [2.05, 4.69) is 4.98 Å². The van der Waals surface area contributed by atoms with E-state index in [4.69, 9.17) is 10.5 Å². The number of amides is 1. The molecule has 0 saturated heterocycles. The summed E-state index contributed by atoms with van der Waals surface area (Å²) < 4.78 is 5.23. The van der Waals surface area contributed by atoms with Gasteiger partial charge in [0.15, 0.2) is 0 Å². The van der Waals surface area contributed by atoms with Gasteiger partial charge in [-0.1, -0.05) is 0 Å². The number of pyridine rings is 1. The standard InChI is InChI=1S/C15H15N3O2S/c1-20-13-9-17-5-4-11(13)15(19)18-6-7-21-14-3-2-10(16)8-12(14)18/h2-5,8-9H,6-7,16H2,1H3. The zero-order valence-electron chi connectivity index (χ0n) is 11.6. The second-order valence-electron chi connectivity index (χ2n) is 4.61. The summed E-state index contributed by atoms with van der Waals surface area (Å²) in [6.07, 6.45) is 3.14. The lowest BCUT2D eigenvalue weighted by atomic mass is 10.2. The van der Waals surface area contributed by atoms with Crippen LogP contribution in [0.25, 0.3) is 0 Å². The van der Waals surface area contributed by atoms with Crippen LogP contribution in [0.15, 0.2) is 41.6 Å². The highest BCUT2D eigenvalue weighted by Crippen LogP contribution is 2.37. The summed E-state index contributed by atoms with van der Waals surface area (Å²) in [7, 11) is 1.53. The first-order valence-electron chi connectivity index (χ1n) is 6.53. The third-order valence-corrected chi connectivity index (χ3v) is 4.37. The molecule has 108 valence electrons. The summed E-state index contributed by atoms with van der Waals surface area (Å²) in [5, 5.41) is 0. The van der Waals surface area contributed by atoms with Crippen molar-refractivity contribution < 1.29 is 9.53 Å². The SMILES string of the molecule is COc1cnccc1C(=O)N1CCSc2ccc(N)cc21. The maximum atomic E-state index is 12.8. The fourth-order valence-electron chi connectivity index (χ4n) is 2.31. The Bertz CT molecular complexity index is 690. The third kappa shape index (κ3) is 2.54. The van der Waals surface area contributed by atoms with Gasteiger partial charge in [0.2, 0.25) is 0 Å². The number of hydrogen-bond donors (Lipinski definition) is 1. The molecule has 2 N–H and O–H groups in total. The number of rotatable bonds is 2. The molecule has 0 atom stereocenters. The lowest BCUT2D eigenvalue weighted by Crippen LogP contribution is -2.35.